The monoisotopic (exact) mass is 163 g/mol. The molecule has 0 saturated heterocycles. The zero-order chi connectivity index (χ0) is 9.23. The average Bonchev–Trinajstić information content (AvgIpc) is 2.19. The standard InChI is InChI=1S/C7H5N.C3H8O/c1-8-7-5-3-2-4-6-7;1-3-4-2/h2-6H;3H2,1-2H3. The third-order valence-electron chi connectivity index (χ3n) is 1.17. The Bertz CT molecular complexity index is 223. The summed E-state index contributed by atoms with van der Waals surface area (Å²) in [5.74, 6) is 0. The number of hydrogen-bond donors (Lipinski definition) is 0. The lowest BCUT2D eigenvalue weighted by atomic mass is 10.3. The first kappa shape index (κ1) is 10.7. The van der Waals surface area contributed by atoms with E-state index in [0.717, 1.165) is 6.61 Å². The summed E-state index contributed by atoms with van der Waals surface area (Å²) in [5.41, 5.74) is 0.701. The summed E-state index contributed by atoms with van der Waals surface area (Å²) in [6.45, 7) is 9.35. The lowest BCUT2D eigenvalue weighted by Gasteiger charge is -1.80. The highest BCUT2D eigenvalue weighted by molar-refractivity contribution is 5.42. The Balaban J connectivity index is 0.000000261. The number of methoxy groups -OCH3 is 1. The van der Waals surface area contributed by atoms with Crippen molar-refractivity contribution in [2.24, 2.45) is 0 Å². The summed E-state index contributed by atoms with van der Waals surface area (Å²) >= 11 is 0. The molecule has 0 aliphatic rings. The number of hydrogen-bond acceptors (Lipinski definition) is 1. The van der Waals surface area contributed by atoms with Crippen molar-refractivity contribution in [3.63, 3.8) is 0 Å². The van der Waals surface area contributed by atoms with Gasteiger partial charge in [-0.3, -0.25) is 0 Å². The molecule has 0 aromatic heterocycles. The highest BCUT2D eigenvalue weighted by Gasteiger charge is 1.79. The third kappa shape index (κ3) is 5.45. The van der Waals surface area contributed by atoms with E-state index in [2.05, 4.69) is 9.58 Å². The van der Waals surface area contributed by atoms with E-state index in [0.29, 0.717) is 5.69 Å². The van der Waals surface area contributed by atoms with Crippen LogP contribution < -0.4 is 0 Å². The Morgan fingerprint density at radius 2 is 1.83 bits per heavy atom. The number of ether oxygens (including phenoxy) is 1. The summed E-state index contributed by atoms with van der Waals surface area (Å²) in [4.78, 5) is 3.22. The second kappa shape index (κ2) is 7.77. The lowest BCUT2D eigenvalue weighted by molar-refractivity contribution is 0.215. The summed E-state index contributed by atoms with van der Waals surface area (Å²) in [6, 6.07) is 9.18. The van der Waals surface area contributed by atoms with Crippen molar-refractivity contribution in [1.29, 1.82) is 0 Å². The molecule has 0 amide bonds. The van der Waals surface area contributed by atoms with Crippen LogP contribution in [0, 0.1) is 6.57 Å². The molecule has 0 radical (unpaired) electrons. The fraction of sp³-hybridized carbons (Fsp3) is 0.300. The molecule has 64 valence electrons. The van der Waals surface area contributed by atoms with Crippen molar-refractivity contribution in [2.75, 3.05) is 13.7 Å². The van der Waals surface area contributed by atoms with E-state index in [1.807, 2.05) is 25.1 Å². The Morgan fingerprint density at radius 3 is 2.08 bits per heavy atom. The van der Waals surface area contributed by atoms with E-state index < -0.39 is 0 Å². The molecule has 2 nitrogen and oxygen atoms in total. The molecule has 1 aromatic rings. The normalized spacial score (nSPS) is 7.75. The maximum atomic E-state index is 6.57. The van der Waals surface area contributed by atoms with Crippen molar-refractivity contribution < 1.29 is 4.74 Å². The number of para-hydroxylation sites is 1. The molecule has 2 heteroatoms. The smallest absolute Gasteiger partial charge is 0.187 e. The van der Waals surface area contributed by atoms with Crippen LogP contribution in [0.15, 0.2) is 30.3 Å². The van der Waals surface area contributed by atoms with Gasteiger partial charge in [-0.25, -0.2) is 4.85 Å². The molecule has 0 unspecified atom stereocenters. The van der Waals surface area contributed by atoms with E-state index in [4.69, 9.17) is 6.57 Å². The minimum absolute atomic E-state index is 0.701. The zero-order valence-electron chi connectivity index (χ0n) is 7.45. The molecule has 0 N–H and O–H groups in total. The first-order valence-corrected chi connectivity index (χ1v) is 3.76. The maximum Gasteiger partial charge on any atom is 0.187 e. The minimum atomic E-state index is 0.701. The molecule has 0 aliphatic heterocycles. The highest BCUT2D eigenvalue weighted by Crippen LogP contribution is 2.07. The number of rotatable bonds is 1. The summed E-state index contributed by atoms with van der Waals surface area (Å²) in [7, 11) is 1.68. The van der Waals surface area contributed by atoms with Crippen LogP contribution in [-0.4, -0.2) is 13.7 Å². The van der Waals surface area contributed by atoms with Gasteiger partial charge in [-0.2, -0.15) is 0 Å². The molecular weight excluding hydrogens is 150 g/mol. The molecule has 1 aromatic carbocycles. The minimum Gasteiger partial charge on any atom is -0.385 e. The summed E-state index contributed by atoms with van der Waals surface area (Å²) in [5, 5.41) is 0. The largest absolute Gasteiger partial charge is 0.385 e. The van der Waals surface area contributed by atoms with Gasteiger partial charge in [0.1, 0.15) is 0 Å². The van der Waals surface area contributed by atoms with Gasteiger partial charge in [0.2, 0.25) is 0 Å². The SMILES string of the molecule is CCOC.[C-]#[N+]c1ccccc1. The van der Waals surface area contributed by atoms with Crippen molar-refractivity contribution in [1.82, 2.24) is 0 Å². The molecule has 1 rings (SSSR count). The van der Waals surface area contributed by atoms with Gasteiger partial charge in [-0.05, 0) is 6.92 Å². The van der Waals surface area contributed by atoms with E-state index in [-0.39, 0.29) is 0 Å². The van der Waals surface area contributed by atoms with Crippen LogP contribution in [0.4, 0.5) is 5.69 Å². The molecule has 0 aliphatic carbocycles. The summed E-state index contributed by atoms with van der Waals surface area (Å²) < 4.78 is 4.54. The van der Waals surface area contributed by atoms with Gasteiger partial charge in [0.15, 0.2) is 5.69 Å². The van der Waals surface area contributed by atoms with Gasteiger partial charge < -0.3 is 4.74 Å². The van der Waals surface area contributed by atoms with Gasteiger partial charge in [-0.1, -0.05) is 30.3 Å². The van der Waals surface area contributed by atoms with E-state index in [1.54, 1.807) is 19.2 Å². The van der Waals surface area contributed by atoms with Crippen LogP contribution in [0.25, 0.3) is 4.85 Å². The average molecular weight is 163 g/mol. The van der Waals surface area contributed by atoms with Gasteiger partial charge in [0.05, 0.1) is 6.57 Å². The Kier molecular flexibility index (Phi) is 6.91. The van der Waals surface area contributed by atoms with Crippen LogP contribution >= 0.6 is 0 Å². The van der Waals surface area contributed by atoms with Gasteiger partial charge in [0, 0.05) is 13.7 Å². The topological polar surface area (TPSA) is 13.6 Å². The number of benzene rings is 1. The van der Waals surface area contributed by atoms with Crippen molar-refractivity contribution in [3.05, 3.63) is 41.7 Å². The quantitative estimate of drug-likeness (QED) is 0.580. The Labute approximate surface area is 73.6 Å². The second-order valence-electron chi connectivity index (χ2n) is 2.02. The highest BCUT2D eigenvalue weighted by atomic mass is 16.5. The second-order valence-corrected chi connectivity index (χ2v) is 2.02. The fourth-order valence-electron chi connectivity index (χ4n) is 0.503. The van der Waals surface area contributed by atoms with Gasteiger partial charge in [0.25, 0.3) is 0 Å². The third-order valence-corrected chi connectivity index (χ3v) is 1.17. The zero-order valence-corrected chi connectivity index (χ0v) is 7.45. The maximum absolute atomic E-state index is 6.57. The van der Waals surface area contributed by atoms with Crippen LogP contribution in [-0.2, 0) is 4.74 Å². The van der Waals surface area contributed by atoms with Crippen LogP contribution in [0.5, 0.6) is 0 Å². The molecule has 0 bridgehead atoms. The van der Waals surface area contributed by atoms with Crippen molar-refractivity contribution >= 4 is 5.69 Å². The predicted octanol–water partition coefficient (Wildman–Crippen LogP) is 2.89. The lowest BCUT2D eigenvalue weighted by Crippen LogP contribution is -1.73. The van der Waals surface area contributed by atoms with Gasteiger partial charge in [-0.15, -0.1) is 0 Å². The van der Waals surface area contributed by atoms with E-state index in [1.165, 1.54) is 0 Å². The molecule has 0 heterocycles. The van der Waals surface area contributed by atoms with Crippen LogP contribution in [0.3, 0.4) is 0 Å². The van der Waals surface area contributed by atoms with Crippen molar-refractivity contribution in [2.45, 2.75) is 6.92 Å². The first-order chi connectivity index (χ1) is 5.85. The van der Waals surface area contributed by atoms with Crippen LogP contribution in [0.1, 0.15) is 6.92 Å². The molecule has 0 saturated carbocycles. The molecule has 12 heavy (non-hydrogen) atoms. The first-order valence-electron chi connectivity index (χ1n) is 3.76. The molecule has 0 spiro atoms. The molecule has 0 fully saturated rings. The molecular formula is C10H13NO. The van der Waals surface area contributed by atoms with Gasteiger partial charge >= 0.3 is 0 Å². The number of nitrogens with zero attached hydrogens (tertiary/aromatic N) is 1. The summed E-state index contributed by atoms with van der Waals surface area (Å²) in [6.07, 6.45) is 0. The molecule has 0 atom stereocenters. The van der Waals surface area contributed by atoms with Crippen LogP contribution in [0.2, 0.25) is 0 Å². The van der Waals surface area contributed by atoms with E-state index in [9.17, 15) is 0 Å². The Hall–Kier alpha value is -1.33. The van der Waals surface area contributed by atoms with Crippen molar-refractivity contribution in [3.8, 4) is 0 Å². The predicted molar refractivity (Wildman–Crippen MR) is 50.3 cm³/mol. The fourth-order valence-corrected chi connectivity index (χ4v) is 0.503. The van der Waals surface area contributed by atoms with E-state index >= 15 is 0 Å². The Morgan fingerprint density at radius 1 is 1.33 bits per heavy atom.